The first-order valence-electron chi connectivity index (χ1n) is 6.09. The van der Waals surface area contributed by atoms with Crippen LogP contribution in [0.1, 0.15) is 13.8 Å². The average molecular weight is 285 g/mol. The second kappa shape index (κ2) is 6.95. The van der Waals surface area contributed by atoms with E-state index in [0.29, 0.717) is 0 Å². The summed E-state index contributed by atoms with van der Waals surface area (Å²) in [5, 5.41) is 4.49. The summed E-state index contributed by atoms with van der Waals surface area (Å²) in [6.45, 7) is 3.17. The van der Waals surface area contributed by atoms with Gasteiger partial charge in [0.15, 0.2) is 0 Å². The number of nitrogens with two attached hydrogens (primary N) is 1. The number of benzene rings is 1. The van der Waals surface area contributed by atoms with Crippen LogP contribution < -0.4 is 16.4 Å². The Bertz CT molecular complexity index is 506. The van der Waals surface area contributed by atoms with Gasteiger partial charge >= 0.3 is 0 Å². The van der Waals surface area contributed by atoms with Gasteiger partial charge in [-0.3, -0.25) is 9.59 Å². The molecule has 0 bridgehead atoms. The predicted molar refractivity (Wildman–Crippen MR) is 70.8 cm³/mol. The van der Waals surface area contributed by atoms with Crippen LogP contribution in [0.5, 0.6) is 0 Å². The van der Waals surface area contributed by atoms with Crippen molar-refractivity contribution in [3.05, 3.63) is 29.8 Å². The molecule has 0 heterocycles. The molecule has 5 nitrogen and oxygen atoms in total. The van der Waals surface area contributed by atoms with Crippen LogP contribution in [0.3, 0.4) is 0 Å². The number of carbonyl (C=O) groups is 2. The smallest absolute Gasteiger partial charge is 0.243 e. The zero-order valence-electron chi connectivity index (χ0n) is 11.2. The summed E-state index contributed by atoms with van der Waals surface area (Å²) in [4.78, 5) is 23.0. The van der Waals surface area contributed by atoms with Crippen LogP contribution in [0, 0.1) is 17.6 Å². The number of carbonyl (C=O) groups excluding carboxylic acids is 2. The van der Waals surface area contributed by atoms with Crippen molar-refractivity contribution in [2.75, 3.05) is 11.9 Å². The van der Waals surface area contributed by atoms with Crippen LogP contribution in [-0.2, 0) is 9.59 Å². The second-order valence-electron chi connectivity index (χ2n) is 4.66. The van der Waals surface area contributed by atoms with Crippen LogP contribution in [0.15, 0.2) is 18.2 Å². The highest BCUT2D eigenvalue weighted by atomic mass is 19.1. The average Bonchev–Trinajstić information content (AvgIpc) is 2.39. The first-order chi connectivity index (χ1) is 9.31. The molecule has 2 amide bonds. The summed E-state index contributed by atoms with van der Waals surface area (Å²) >= 11 is 0. The molecule has 0 saturated carbocycles. The molecule has 0 saturated heterocycles. The minimum absolute atomic E-state index is 0.0706. The summed E-state index contributed by atoms with van der Waals surface area (Å²) in [5.41, 5.74) is 5.31. The van der Waals surface area contributed by atoms with Crippen molar-refractivity contribution in [3.8, 4) is 0 Å². The van der Waals surface area contributed by atoms with E-state index in [4.69, 9.17) is 5.73 Å². The van der Waals surface area contributed by atoms with Gasteiger partial charge in [0.25, 0.3) is 0 Å². The first kappa shape index (κ1) is 16.0. The molecule has 110 valence electrons. The van der Waals surface area contributed by atoms with Gasteiger partial charge in [-0.2, -0.15) is 0 Å². The van der Waals surface area contributed by atoms with E-state index in [2.05, 4.69) is 10.6 Å². The Balaban J connectivity index is 2.52. The third-order valence-corrected chi connectivity index (χ3v) is 2.65. The molecule has 0 unspecified atom stereocenters. The van der Waals surface area contributed by atoms with E-state index in [9.17, 15) is 18.4 Å². The molecule has 0 radical (unpaired) electrons. The fourth-order valence-electron chi connectivity index (χ4n) is 1.38. The lowest BCUT2D eigenvalue weighted by Crippen LogP contribution is -2.46. The molecule has 0 aliphatic carbocycles. The molecular weight excluding hydrogens is 268 g/mol. The molecule has 1 rings (SSSR count). The third-order valence-electron chi connectivity index (χ3n) is 2.65. The number of nitrogens with one attached hydrogen (secondary N) is 2. The van der Waals surface area contributed by atoms with Crippen molar-refractivity contribution in [1.29, 1.82) is 0 Å². The van der Waals surface area contributed by atoms with Crippen LogP contribution >= 0.6 is 0 Å². The van der Waals surface area contributed by atoms with Crippen LogP contribution in [0.2, 0.25) is 0 Å². The monoisotopic (exact) mass is 285 g/mol. The van der Waals surface area contributed by atoms with Gasteiger partial charge in [-0.05, 0) is 18.1 Å². The Morgan fingerprint density at radius 3 is 2.55 bits per heavy atom. The molecule has 1 aromatic rings. The Morgan fingerprint density at radius 2 is 1.95 bits per heavy atom. The van der Waals surface area contributed by atoms with Crippen molar-refractivity contribution >= 4 is 17.5 Å². The van der Waals surface area contributed by atoms with Gasteiger partial charge in [0.2, 0.25) is 11.8 Å². The van der Waals surface area contributed by atoms with E-state index in [1.807, 2.05) is 0 Å². The van der Waals surface area contributed by atoms with E-state index >= 15 is 0 Å². The molecule has 7 heteroatoms. The largest absolute Gasteiger partial charge is 0.346 e. The normalized spacial score (nSPS) is 12.1. The second-order valence-corrected chi connectivity index (χ2v) is 4.66. The maximum Gasteiger partial charge on any atom is 0.243 e. The number of hydrogen-bond donors (Lipinski definition) is 3. The van der Waals surface area contributed by atoms with Gasteiger partial charge in [-0.25, -0.2) is 8.78 Å². The van der Waals surface area contributed by atoms with E-state index in [0.717, 1.165) is 18.2 Å². The molecule has 1 atom stereocenters. The topological polar surface area (TPSA) is 84.2 Å². The lowest BCUT2D eigenvalue weighted by atomic mass is 10.1. The molecule has 20 heavy (non-hydrogen) atoms. The summed E-state index contributed by atoms with van der Waals surface area (Å²) < 4.78 is 26.2. The Labute approximate surface area is 115 Å². The molecule has 0 spiro atoms. The van der Waals surface area contributed by atoms with Crippen molar-refractivity contribution < 1.29 is 18.4 Å². The SMILES string of the molecule is CC(C)[C@H](N)C(=O)NCC(=O)Nc1cc(F)ccc1F. The van der Waals surface area contributed by atoms with Gasteiger partial charge in [-0.15, -0.1) is 0 Å². The first-order valence-corrected chi connectivity index (χ1v) is 6.09. The van der Waals surface area contributed by atoms with Gasteiger partial charge in [0.1, 0.15) is 11.6 Å². The molecule has 0 aliphatic rings. The Hall–Kier alpha value is -2.02. The molecule has 4 N–H and O–H groups in total. The minimum atomic E-state index is -0.759. The van der Waals surface area contributed by atoms with Gasteiger partial charge < -0.3 is 16.4 Å². The van der Waals surface area contributed by atoms with E-state index in [1.54, 1.807) is 13.8 Å². The number of hydrogen-bond acceptors (Lipinski definition) is 3. The number of rotatable bonds is 5. The lowest BCUT2D eigenvalue weighted by Gasteiger charge is -2.15. The maximum absolute atomic E-state index is 13.3. The van der Waals surface area contributed by atoms with E-state index in [-0.39, 0.29) is 18.2 Å². The highest BCUT2D eigenvalue weighted by Gasteiger charge is 2.17. The third kappa shape index (κ3) is 4.58. The number of amides is 2. The van der Waals surface area contributed by atoms with E-state index in [1.165, 1.54) is 0 Å². The fraction of sp³-hybridized carbons (Fsp3) is 0.385. The van der Waals surface area contributed by atoms with Crippen molar-refractivity contribution in [2.24, 2.45) is 11.7 Å². The Kier molecular flexibility index (Phi) is 5.57. The standard InChI is InChI=1S/C13H17F2N3O2/c1-7(2)12(16)13(20)17-6-11(19)18-10-5-8(14)3-4-9(10)15/h3-5,7,12H,6,16H2,1-2H3,(H,17,20)(H,18,19)/t12-/m0/s1. The fourth-order valence-corrected chi connectivity index (χ4v) is 1.38. The maximum atomic E-state index is 13.3. The van der Waals surface area contributed by atoms with Crippen molar-refractivity contribution in [2.45, 2.75) is 19.9 Å². The van der Waals surface area contributed by atoms with Gasteiger partial charge in [0.05, 0.1) is 18.3 Å². The van der Waals surface area contributed by atoms with Gasteiger partial charge in [-0.1, -0.05) is 13.8 Å². The number of halogens is 2. The zero-order valence-corrected chi connectivity index (χ0v) is 11.2. The van der Waals surface area contributed by atoms with Gasteiger partial charge in [0, 0.05) is 6.07 Å². The van der Waals surface area contributed by atoms with Crippen molar-refractivity contribution in [1.82, 2.24) is 5.32 Å². The molecule has 1 aromatic carbocycles. The highest BCUT2D eigenvalue weighted by molar-refractivity contribution is 5.95. The quantitative estimate of drug-likeness (QED) is 0.754. The summed E-state index contributed by atoms with van der Waals surface area (Å²) in [5.74, 6) is -2.65. The summed E-state index contributed by atoms with van der Waals surface area (Å²) in [7, 11) is 0. The van der Waals surface area contributed by atoms with Crippen molar-refractivity contribution in [3.63, 3.8) is 0 Å². The van der Waals surface area contributed by atoms with Crippen LogP contribution in [0.4, 0.5) is 14.5 Å². The van der Waals surface area contributed by atoms with Crippen LogP contribution in [-0.4, -0.2) is 24.4 Å². The van der Waals surface area contributed by atoms with Crippen LogP contribution in [0.25, 0.3) is 0 Å². The molecular formula is C13H17F2N3O2. The highest BCUT2D eigenvalue weighted by Crippen LogP contribution is 2.14. The lowest BCUT2D eigenvalue weighted by molar-refractivity contribution is -0.125. The predicted octanol–water partition coefficient (Wildman–Crippen LogP) is 1.00. The molecule has 0 fully saturated rings. The zero-order chi connectivity index (χ0) is 15.3. The number of anilines is 1. The summed E-state index contributed by atoms with van der Waals surface area (Å²) in [6, 6.07) is 1.97. The summed E-state index contributed by atoms with van der Waals surface area (Å²) in [6.07, 6.45) is 0. The molecule has 0 aliphatic heterocycles. The molecule has 0 aromatic heterocycles. The Morgan fingerprint density at radius 1 is 1.30 bits per heavy atom. The minimum Gasteiger partial charge on any atom is -0.346 e. The van der Waals surface area contributed by atoms with E-state index < -0.39 is 29.5 Å².